The second-order valence-electron chi connectivity index (χ2n) is 2.31. The summed E-state index contributed by atoms with van der Waals surface area (Å²) in [6, 6.07) is 9.65. The Kier molecular flexibility index (Phi) is 3.61. The van der Waals surface area contributed by atoms with Crippen molar-refractivity contribution in [3.8, 4) is 0 Å². The van der Waals surface area contributed by atoms with E-state index in [0.717, 1.165) is 11.4 Å². The molecule has 1 N–H and O–H groups in total. The molecule has 0 atom stereocenters. The number of halogens is 1. The molecule has 0 saturated heterocycles. The quantitative estimate of drug-likeness (QED) is 0.758. The minimum Gasteiger partial charge on any atom is -0.351 e. The van der Waals surface area contributed by atoms with Gasteiger partial charge in [0, 0.05) is 6.54 Å². The van der Waals surface area contributed by atoms with Gasteiger partial charge in [-0.25, -0.2) is 0 Å². The lowest BCUT2D eigenvalue weighted by atomic mass is 10.2. The first-order valence-corrected chi connectivity index (χ1v) is 4.02. The fourth-order valence-electron chi connectivity index (χ4n) is 0.824. The maximum absolute atomic E-state index is 10.7. The van der Waals surface area contributed by atoms with Crippen LogP contribution in [0.2, 0.25) is 0 Å². The molecule has 1 radical (unpaired) electrons. The van der Waals surface area contributed by atoms with Crippen molar-refractivity contribution in [2.75, 3.05) is 0 Å². The van der Waals surface area contributed by atoms with Crippen LogP contribution >= 0.6 is 11.6 Å². The van der Waals surface area contributed by atoms with Crippen LogP contribution in [0.25, 0.3) is 0 Å². The molecule has 0 aromatic heterocycles. The molecule has 63 valence electrons. The number of rotatable bonds is 3. The molecule has 0 unspecified atom stereocenters. The van der Waals surface area contributed by atoms with E-state index in [2.05, 4.69) is 5.32 Å². The van der Waals surface area contributed by atoms with Crippen LogP contribution in [-0.2, 0) is 11.3 Å². The van der Waals surface area contributed by atoms with Crippen molar-refractivity contribution < 1.29 is 4.79 Å². The fraction of sp³-hybridized carbons (Fsp3) is 0.111. The lowest BCUT2D eigenvalue weighted by Crippen LogP contribution is -2.21. The summed E-state index contributed by atoms with van der Waals surface area (Å²) in [5.74, 6) is 0.726. The summed E-state index contributed by atoms with van der Waals surface area (Å²) < 4.78 is 0. The van der Waals surface area contributed by atoms with Crippen LogP contribution in [0.5, 0.6) is 0 Å². The Hall–Kier alpha value is -1.02. The summed E-state index contributed by atoms with van der Waals surface area (Å²) in [6.07, 6.45) is 0. The number of carbonyl (C=O) groups is 1. The summed E-state index contributed by atoms with van der Waals surface area (Å²) in [6.45, 7) is 0.517. The second kappa shape index (κ2) is 4.78. The third kappa shape index (κ3) is 2.93. The molecule has 1 aromatic rings. The minimum atomic E-state index is -0.263. The van der Waals surface area contributed by atoms with E-state index in [1.165, 1.54) is 0 Å². The molecule has 1 aromatic carbocycles. The number of benzene rings is 1. The van der Waals surface area contributed by atoms with Crippen molar-refractivity contribution in [3.05, 3.63) is 41.8 Å². The lowest BCUT2D eigenvalue weighted by Gasteiger charge is -2.01. The number of nitrogens with one attached hydrogen (secondary N) is 1. The van der Waals surface area contributed by atoms with E-state index in [-0.39, 0.29) is 5.91 Å². The molecule has 1 amide bonds. The first-order chi connectivity index (χ1) is 5.83. The molecule has 1 rings (SSSR count). The standard InChI is InChI=1S/C9H9ClNO/c10-6-9(12)11-7-8-4-2-1-3-5-8/h1-6H,7H2,(H,11,12). The third-order valence-electron chi connectivity index (χ3n) is 1.41. The van der Waals surface area contributed by atoms with E-state index in [9.17, 15) is 4.79 Å². The third-order valence-corrected chi connectivity index (χ3v) is 1.61. The molecule has 0 bridgehead atoms. The molecule has 0 heterocycles. The highest BCUT2D eigenvalue weighted by atomic mass is 35.5. The van der Waals surface area contributed by atoms with E-state index < -0.39 is 0 Å². The largest absolute Gasteiger partial charge is 0.351 e. The Bertz CT molecular complexity index is 248. The first kappa shape index (κ1) is 9.07. The average Bonchev–Trinajstić information content (AvgIpc) is 2.16. The van der Waals surface area contributed by atoms with Gasteiger partial charge in [-0.05, 0) is 5.56 Å². The van der Waals surface area contributed by atoms with Crippen molar-refractivity contribution in [2.45, 2.75) is 6.54 Å². The Morgan fingerprint density at radius 3 is 2.67 bits per heavy atom. The SMILES string of the molecule is O=C([CH]Cl)NCc1ccccc1. The highest BCUT2D eigenvalue weighted by Gasteiger charge is 1.97. The molecule has 3 heteroatoms. The summed E-state index contributed by atoms with van der Waals surface area (Å²) in [5, 5.41) is 2.62. The van der Waals surface area contributed by atoms with E-state index >= 15 is 0 Å². The smallest absolute Gasteiger partial charge is 0.240 e. The van der Waals surface area contributed by atoms with Gasteiger partial charge in [0.05, 0.1) is 0 Å². The summed E-state index contributed by atoms with van der Waals surface area (Å²) in [4.78, 5) is 10.7. The van der Waals surface area contributed by atoms with Gasteiger partial charge in [-0.3, -0.25) is 4.79 Å². The van der Waals surface area contributed by atoms with Crippen LogP contribution in [0.1, 0.15) is 5.56 Å². The maximum atomic E-state index is 10.7. The molecular weight excluding hydrogens is 174 g/mol. The van der Waals surface area contributed by atoms with Crippen LogP contribution < -0.4 is 5.32 Å². The van der Waals surface area contributed by atoms with Crippen molar-refractivity contribution >= 4 is 17.5 Å². The molecule has 0 spiro atoms. The Morgan fingerprint density at radius 2 is 2.08 bits per heavy atom. The van der Waals surface area contributed by atoms with Crippen LogP contribution in [-0.4, -0.2) is 5.91 Å². The normalized spacial score (nSPS) is 9.42. The highest BCUT2D eigenvalue weighted by Crippen LogP contribution is 1.97. The van der Waals surface area contributed by atoms with Crippen molar-refractivity contribution in [1.29, 1.82) is 0 Å². The predicted molar refractivity (Wildman–Crippen MR) is 48.4 cm³/mol. The number of hydrogen-bond acceptors (Lipinski definition) is 1. The molecule has 2 nitrogen and oxygen atoms in total. The molecular formula is C9H9ClNO. The Labute approximate surface area is 76.5 Å². The van der Waals surface area contributed by atoms with E-state index in [1.54, 1.807) is 0 Å². The zero-order valence-electron chi connectivity index (χ0n) is 6.46. The topological polar surface area (TPSA) is 29.1 Å². The van der Waals surface area contributed by atoms with E-state index in [0.29, 0.717) is 6.54 Å². The van der Waals surface area contributed by atoms with Gasteiger partial charge in [-0.1, -0.05) is 30.3 Å². The van der Waals surface area contributed by atoms with Gasteiger partial charge in [0.1, 0.15) is 5.88 Å². The van der Waals surface area contributed by atoms with E-state index in [1.807, 2.05) is 30.3 Å². The Morgan fingerprint density at radius 1 is 1.42 bits per heavy atom. The number of hydrogen-bond donors (Lipinski definition) is 1. The van der Waals surface area contributed by atoms with Gasteiger partial charge in [0.25, 0.3) is 0 Å². The van der Waals surface area contributed by atoms with Crippen molar-refractivity contribution in [2.24, 2.45) is 0 Å². The fourth-order valence-corrected chi connectivity index (χ4v) is 0.901. The first-order valence-electron chi connectivity index (χ1n) is 3.58. The molecule has 0 aliphatic heterocycles. The molecule has 12 heavy (non-hydrogen) atoms. The summed E-state index contributed by atoms with van der Waals surface area (Å²) >= 11 is 5.18. The number of carbonyl (C=O) groups excluding carboxylic acids is 1. The molecule has 0 fully saturated rings. The molecule has 0 aliphatic rings. The van der Waals surface area contributed by atoms with Crippen LogP contribution in [0.15, 0.2) is 30.3 Å². The van der Waals surface area contributed by atoms with Gasteiger partial charge in [-0.15, -0.1) is 11.6 Å². The van der Waals surface area contributed by atoms with Gasteiger partial charge < -0.3 is 5.32 Å². The zero-order chi connectivity index (χ0) is 8.81. The Balaban J connectivity index is 2.38. The highest BCUT2D eigenvalue weighted by molar-refractivity contribution is 6.34. The molecule has 0 aliphatic carbocycles. The minimum absolute atomic E-state index is 0.263. The van der Waals surface area contributed by atoms with Gasteiger partial charge in [0.2, 0.25) is 5.91 Å². The van der Waals surface area contributed by atoms with Gasteiger partial charge >= 0.3 is 0 Å². The molecule has 0 saturated carbocycles. The maximum Gasteiger partial charge on any atom is 0.240 e. The predicted octanol–water partition coefficient (Wildman–Crippen LogP) is 1.70. The number of amides is 1. The average molecular weight is 183 g/mol. The monoisotopic (exact) mass is 182 g/mol. The van der Waals surface area contributed by atoms with Crippen LogP contribution in [0, 0.1) is 5.88 Å². The van der Waals surface area contributed by atoms with Gasteiger partial charge in [-0.2, -0.15) is 0 Å². The summed E-state index contributed by atoms with van der Waals surface area (Å²) in [5.41, 5.74) is 1.06. The zero-order valence-corrected chi connectivity index (χ0v) is 7.21. The van der Waals surface area contributed by atoms with Crippen molar-refractivity contribution in [1.82, 2.24) is 5.32 Å². The van der Waals surface area contributed by atoms with Crippen LogP contribution in [0.4, 0.5) is 0 Å². The van der Waals surface area contributed by atoms with E-state index in [4.69, 9.17) is 11.6 Å². The summed E-state index contributed by atoms with van der Waals surface area (Å²) in [7, 11) is 0. The van der Waals surface area contributed by atoms with Crippen LogP contribution in [0.3, 0.4) is 0 Å². The van der Waals surface area contributed by atoms with Crippen molar-refractivity contribution in [3.63, 3.8) is 0 Å². The second-order valence-corrected chi connectivity index (χ2v) is 2.53. The lowest BCUT2D eigenvalue weighted by molar-refractivity contribution is -0.117. The van der Waals surface area contributed by atoms with Gasteiger partial charge in [0.15, 0.2) is 0 Å².